The molecule has 5 rings (SSSR count). The van der Waals surface area contributed by atoms with Gasteiger partial charge in [-0.15, -0.1) is 0 Å². The normalized spacial score (nSPS) is 17.1. The van der Waals surface area contributed by atoms with Crippen molar-refractivity contribution in [1.82, 2.24) is 24.9 Å². The van der Waals surface area contributed by atoms with E-state index in [9.17, 15) is 14.4 Å². The zero-order chi connectivity index (χ0) is 53.1. The molecular formula is C58H85N6O9P. The van der Waals surface area contributed by atoms with Crippen molar-refractivity contribution in [1.29, 1.82) is 0 Å². The predicted molar refractivity (Wildman–Crippen MR) is 295 cm³/mol. The fraction of sp³-hybridized carbons (Fsp3) is 0.586. The molecule has 1 aromatic heterocycles. The fourth-order valence-electron chi connectivity index (χ4n) is 9.90. The average molecular weight is 1040 g/mol. The summed E-state index contributed by atoms with van der Waals surface area (Å²) in [5.41, 5.74) is 0.127. The molecule has 2 unspecified atom stereocenters. The fourth-order valence-corrected chi connectivity index (χ4v) is 11.7. The SMILES string of the molecule is [C-]#[N+]CCOP(O[C@@H]1C(CCCNC(=O)NCCCCCCCCCCCCCCC)[C@H](n2ccc(=O)[nH]c2=O)O[C@@H]1COC(c1ccccc1)(c1ccc(OC)cc1)c1ccc(OC)cc1)N(C(C)C)C(C)C. The van der Waals surface area contributed by atoms with Gasteiger partial charge in [-0.25, -0.2) is 20.8 Å². The van der Waals surface area contributed by atoms with Gasteiger partial charge in [0.05, 0.1) is 20.8 Å². The Labute approximate surface area is 442 Å². The molecule has 74 heavy (non-hydrogen) atoms. The third-order valence-electron chi connectivity index (χ3n) is 13.7. The van der Waals surface area contributed by atoms with Gasteiger partial charge >= 0.3 is 11.7 Å². The van der Waals surface area contributed by atoms with Crippen LogP contribution in [0.15, 0.2) is 101 Å². The number of ether oxygens (including phenoxy) is 4. The van der Waals surface area contributed by atoms with E-state index < -0.39 is 49.7 Å². The highest BCUT2D eigenvalue weighted by atomic mass is 31.2. The third-order valence-corrected chi connectivity index (χ3v) is 15.8. The van der Waals surface area contributed by atoms with Crippen molar-refractivity contribution in [2.75, 3.05) is 47.1 Å². The Kier molecular flexibility index (Phi) is 26.2. The van der Waals surface area contributed by atoms with Gasteiger partial charge in [0.15, 0.2) is 0 Å². The minimum atomic E-state index is -1.81. The Bertz CT molecular complexity index is 2300. The van der Waals surface area contributed by atoms with Crippen molar-refractivity contribution in [3.8, 4) is 11.5 Å². The molecule has 1 saturated heterocycles. The van der Waals surface area contributed by atoms with Crippen LogP contribution in [0.5, 0.6) is 11.5 Å². The van der Waals surface area contributed by atoms with E-state index in [1.807, 2.05) is 78.9 Å². The number of carbonyl (C=O) groups excluding carboxylic acids is 1. The lowest BCUT2D eigenvalue weighted by atomic mass is 9.80. The second kappa shape index (κ2) is 32.4. The van der Waals surface area contributed by atoms with E-state index in [1.54, 1.807) is 14.2 Å². The lowest BCUT2D eigenvalue weighted by molar-refractivity contribution is -0.0933. The van der Waals surface area contributed by atoms with E-state index in [-0.39, 0.29) is 37.9 Å². The quantitative estimate of drug-likeness (QED) is 0.0175. The molecule has 1 aliphatic heterocycles. The van der Waals surface area contributed by atoms with Crippen molar-refractivity contribution in [3.63, 3.8) is 0 Å². The molecule has 5 atom stereocenters. The molecule has 16 heteroatoms. The molecule has 15 nitrogen and oxygen atoms in total. The van der Waals surface area contributed by atoms with Crippen LogP contribution < -0.4 is 31.4 Å². The van der Waals surface area contributed by atoms with Gasteiger partial charge in [-0.2, -0.15) is 0 Å². The van der Waals surface area contributed by atoms with E-state index in [2.05, 4.69) is 59.8 Å². The first-order valence-electron chi connectivity index (χ1n) is 27.2. The summed E-state index contributed by atoms with van der Waals surface area (Å²) in [6.07, 6.45) is 16.4. The van der Waals surface area contributed by atoms with E-state index in [4.69, 9.17) is 34.6 Å². The number of hydrogen-bond acceptors (Lipinski definition) is 10. The van der Waals surface area contributed by atoms with Crippen molar-refractivity contribution >= 4 is 14.6 Å². The number of carbonyl (C=O) groups is 1. The number of methoxy groups -OCH3 is 2. The van der Waals surface area contributed by atoms with Gasteiger partial charge in [0, 0.05) is 43.4 Å². The van der Waals surface area contributed by atoms with Crippen molar-refractivity contribution in [2.45, 2.75) is 167 Å². The number of urea groups is 1. The summed E-state index contributed by atoms with van der Waals surface area (Å²) in [5, 5.41) is 6.08. The molecule has 0 aliphatic carbocycles. The van der Waals surface area contributed by atoms with Crippen LogP contribution in [0.3, 0.4) is 0 Å². The second-order valence-corrected chi connectivity index (χ2v) is 21.1. The van der Waals surface area contributed by atoms with E-state index in [0.29, 0.717) is 37.4 Å². The zero-order valence-electron chi connectivity index (χ0n) is 45.2. The number of nitrogens with one attached hydrogen (secondary N) is 3. The second-order valence-electron chi connectivity index (χ2n) is 19.7. The van der Waals surface area contributed by atoms with Crippen LogP contribution >= 0.6 is 8.53 Å². The molecular weight excluding hydrogens is 956 g/mol. The van der Waals surface area contributed by atoms with Crippen molar-refractivity contribution in [2.24, 2.45) is 5.92 Å². The summed E-state index contributed by atoms with van der Waals surface area (Å²) in [4.78, 5) is 45.3. The number of aromatic amines is 1. The van der Waals surface area contributed by atoms with Gasteiger partial charge in [-0.3, -0.25) is 14.3 Å². The molecule has 3 N–H and O–H groups in total. The number of unbranched alkanes of at least 4 members (excludes halogenated alkanes) is 12. The van der Waals surface area contributed by atoms with Crippen LogP contribution in [0.4, 0.5) is 4.79 Å². The monoisotopic (exact) mass is 1040 g/mol. The van der Waals surface area contributed by atoms with Crippen LogP contribution in [0.1, 0.15) is 154 Å². The Balaban J connectivity index is 1.41. The van der Waals surface area contributed by atoms with Gasteiger partial charge in [-0.1, -0.05) is 139 Å². The molecule has 0 radical (unpaired) electrons. The standard InChI is InChI=1S/C58H85N6O9P/c1-9-10-11-12-13-14-15-16-17-18-19-20-24-38-60-56(66)61-39-25-28-51-54(73-74(71-42-40-59-6)64(44(2)3)45(4)5)52(72-55(51)63-41-37-53(65)62-57(63)67)43-70-58(46-26-22-21-23-27-46,47-29-33-49(68-7)34-30-47)48-31-35-50(69-8)36-32-48/h21-23,26-27,29-37,41,44-45,51-52,54-55H,9-20,24-25,28,38-40,42-43H2,1-5,7-8H3,(H2,60,61,66)(H,62,65,67)/t51?,52-,54-,55-,74?/m1/s1. The first kappa shape index (κ1) is 59.8. The summed E-state index contributed by atoms with van der Waals surface area (Å²) in [6, 6.07) is 26.6. The van der Waals surface area contributed by atoms with E-state index in [0.717, 1.165) is 29.5 Å². The number of amides is 2. The van der Waals surface area contributed by atoms with Crippen LogP contribution in [0.2, 0.25) is 0 Å². The maximum Gasteiger partial charge on any atom is 0.330 e. The number of benzene rings is 3. The molecule has 3 aromatic carbocycles. The number of rotatable bonds is 35. The highest BCUT2D eigenvalue weighted by Crippen LogP contribution is 2.53. The Morgan fingerprint density at radius 1 is 0.757 bits per heavy atom. The minimum Gasteiger partial charge on any atom is -0.497 e. The van der Waals surface area contributed by atoms with Gasteiger partial charge in [0.2, 0.25) is 6.54 Å². The Morgan fingerprint density at radius 3 is 1.80 bits per heavy atom. The van der Waals surface area contributed by atoms with Crippen LogP contribution in [-0.4, -0.2) is 91.6 Å². The first-order valence-corrected chi connectivity index (χ1v) is 28.3. The topological polar surface area (TPSA) is 159 Å². The molecule has 406 valence electrons. The van der Waals surface area contributed by atoms with Gasteiger partial charge in [0.25, 0.3) is 14.1 Å². The molecule has 0 saturated carbocycles. The molecule has 4 aromatic rings. The zero-order valence-corrected chi connectivity index (χ0v) is 46.1. The predicted octanol–water partition coefficient (Wildman–Crippen LogP) is 11.9. The molecule has 1 aliphatic rings. The largest absolute Gasteiger partial charge is 0.497 e. The summed E-state index contributed by atoms with van der Waals surface area (Å²) < 4.78 is 43.0. The van der Waals surface area contributed by atoms with Crippen LogP contribution in [0, 0.1) is 12.5 Å². The van der Waals surface area contributed by atoms with Gasteiger partial charge in [0.1, 0.15) is 42.1 Å². The third kappa shape index (κ3) is 17.8. The lowest BCUT2D eigenvalue weighted by Gasteiger charge is -2.39. The number of H-pyrrole nitrogens is 1. The number of aromatic nitrogens is 2. The van der Waals surface area contributed by atoms with E-state index >= 15 is 0 Å². The van der Waals surface area contributed by atoms with Crippen LogP contribution in [-0.2, 0) is 24.1 Å². The summed E-state index contributed by atoms with van der Waals surface area (Å²) >= 11 is 0. The number of hydrogen-bond donors (Lipinski definition) is 3. The van der Waals surface area contributed by atoms with Crippen molar-refractivity contribution in [3.05, 3.63) is 140 Å². The van der Waals surface area contributed by atoms with E-state index in [1.165, 1.54) is 87.5 Å². The molecule has 1 fully saturated rings. The highest BCUT2D eigenvalue weighted by Gasteiger charge is 2.50. The number of nitrogens with zero attached hydrogens (tertiary/aromatic N) is 3. The van der Waals surface area contributed by atoms with Crippen LogP contribution in [0.25, 0.3) is 4.85 Å². The molecule has 2 heterocycles. The first-order chi connectivity index (χ1) is 36.0. The molecule has 2 amide bonds. The van der Waals surface area contributed by atoms with Gasteiger partial charge in [-0.05, 0) is 87.9 Å². The highest BCUT2D eigenvalue weighted by molar-refractivity contribution is 7.44. The molecule has 0 spiro atoms. The lowest BCUT2D eigenvalue weighted by Crippen LogP contribution is -2.41. The summed E-state index contributed by atoms with van der Waals surface area (Å²) in [5.74, 6) is 0.859. The summed E-state index contributed by atoms with van der Waals surface area (Å²) in [7, 11) is 1.45. The average Bonchev–Trinajstić information content (AvgIpc) is 3.73. The Hall–Kier alpha value is -5.07. The Morgan fingerprint density at radius 2 is 1.28 bits per heavy atom. The van der Waals surface area contributed by atoms with Gasteiger partial charge < -0.3 is 43.5 Å². The minimum absolute atomic E-state index is 0.000408. The summed E-state index contributed by atoms with van der Waals surface area (Å²) in [6.45, 7) is 19.3. The maximum absolute atomic E-state index is 13.8. The maximum atomic E-state index is 13.8. The smallest absolute Gasteiger partial charge is 0.330 e. The van der Waals surface area contributed by atoms with Crippen molar-refractivity contribution < 1.29 is 32.8 Å². The molecule has 0 bridgehead atoms.